The molecule has 0 aliphatic carbocycles. The van der Waals surface area contributed by atoms with Crippen LogP contribution >= 0.6 is 15.9 Å². The maximum Gasteiger partial charge on any atom is 0.0379 e. The van der Waals surface area contributed by atoms with E-state index in [1.165, 1.54) is 18.5 Å². The van der Waals surface area contributed by atoms with Gasteiger partial charge >= 0.3 is 0 Å². The summed E-state index contributed by atoms with van der Waals surface area (Å²) < 4.78 is 1.16. The molecule has 88 valence electrons. The quantitative estimate of drug-likeness (QED) is 0.897. The van der Waals surface area contributed by atoms with Gasteiger partial charge in [0, 0.05) is 28.8 Å². The van der Waals surface area contributed by atoms with E-state index < -0.39 is 0 Å². The molecule has 1 N–H and O–H groups in total. The summed E-state index contributed by atoms with van der Waals surface area (Å²) >= 11 is 3.54. The zero-order valence-corrected chi connectivity index (χ0v) is 11.5. The molecule has 1 aromatic carbocycles. The first-order valence-electron chi connectivity index (χ1n) is 5.90. The molecule has 2 unspecified atom stereocenters. The molecule has 1 aromatic rings. The first-order valence-corrected chi connectivity index (χ1v) is 6.69. The molecule has 1 aliphatic heterocycles. The molecule has 1 heterocycles. The Balaban J connectivity index is 2.11. The first kappa shape index (κ1) is 11.9. The molecule has 0 aromatic heterocycles. The summed E-state index contributed by atoms with van der Waals surface area (Å²) in [6.07, 6.45) is 2.45. The van der Waals surface area contributed by atoms with Gasteiger partial charge in [-0.2, -0.15) is 0 Å². The number of benzene rings is 1. The van der Waals surface area contributed by atoms with Crippen molar-refractivity contribution in [2.75, 3.05) is 18.5 Å². The fourth-order valence-electron chi connectivity index (χ4n) is 2.47. The standard InChI is InChI=1S/C13H19BrN2/c1-10-8-12(15-2)6-7-16(10)13-5-3-4-11(14)9-13/h3-5,9-10,12,15H,6-8H2,1-2H3. The van der Waals surface area contributed by atoms with Crippen LogP contribution in [0.4, 0.5) is 5.69 Å². The lowest BCUT2D eigenvalue weighted by Gasteiger charge is -2.39. The second-order valence-electron chi connectivity index (χ2n) is 4.53. The molecule has 2 nitrogen and oxygen atoms in total. The van der Waals surface area contributed by atoms with E-state index in [9.17, 15) is 0 Å². The summed E-state index contributed by atoms with van der Waals surface area (Å²) in [6.45, 7) is 3.45. The predicted molar refractivity (Wildman–Crippen MR) is 73.0 cm³/mol. The molecular formula is C13H19BrN2. The summed E-state index contributed by atoms with van der Waals surface area (Å²) in [4.78, 5) is 2.50. The fraction of sp³-hybridized carbons (Fsp3) is 0.538. The summed E-state index contributed by atoms with van der Waals surface area (Å²) in [7, 11) is 2.06. The minimum atomic E-state index is 0.612. The normalized spacial score (nSPS) is 25.8. The molecule has 0 spiro atoms. The number of nitrogens with one attached hydrogen (secondary N) is 1. The van der Waals surface area contributed by atoms with Crippen molar-refractivity contribution < 1.29 is 0 Å². The van der Waals surface area contributed by atoms with Gasteiger partial charge in [-0.25, -0.2) is 0 Å². The Morgan fingerprint density at radius 2 is 2.25 bits per heavy atom. The number of nitrogens with zero attached hydrogens (tertiary/aromatic N) is 1. The van der Waals surface area contributed by atoms with Gasteiger partial charge in [-0.3, -0.25) is 0 Å². The Morgan fingerprint density at radius 3 is 2.88 bits per heavy atom. The van der Waals surface area contributed by atoms with Gasteiger partial charge in [-0.15, -0.1) is 0 Å². The Labute approximate surface area is 106 Å². The Bertz CT molecular complexity index is 354. The molecule has 2 rings (SSSR count). The van der Waals surface area contributed by atoms with Gasteiger partial charge in [0.25, 0.3) is 0 Å². The minimum absolute atomic E-state index is 0.612. The van der Waals surface area contributed by atoms with Crippen molar-refractivity contribution in [1.82, 2.24) is 5.32 Å². The average molecular weight is 283 g/mol. The second kappa shape index (κ2) is 5.19. The number of piperidine rings is 1. The van der Waals surface area contributed by atoms with Crippen LogP contribution < -0.4 is 10.2 Å². The predicted octanol–water partition coefficient (Wildman–Crippen LogP) is 3.03. The summed E-state index contributed by atoms with van der Waals surface area (Å²) in [6, 6.07) is 9.88. The molecule has 0 amide bonds. The SMILES string of the molecule is CNC1CCN(c2cccc(Br)c2)C(C)C1. The first-order chi connectivity index (χ1) is 7.70. The third kappa shape index (κ3) is 2.58. The van der Waals surface area contributed by atoms with E-state index in [4.69, 9.17) is 0 Å². The molecule has 3 heteroatoms. The molecule has 0 radical (unpaired) electrons. The lowest BCUT2D eigenvalue weighted by Crippen LogP contribution is -2.46. The van der Waals surface area contributed by atoms with Crippen LogP contribution in [0, 0.1) is 0 Å². The topological polar surface area (TPSA) is 15.3 Å². The van der Waals surface area contributed by atoms with Gasteiger partial charge in [0.1, 0.15) is 0 Å². The third-order valence-electron chi connectivity index (χ3n) is 3.42. The molecule has 0 saturated carbocycles. The molecule has 16 heavy (non-hydrogen) atoms. The van der Waals surface area contributed by atoms with Crippen LogP contribution in [0.25, 0.3) is 0 Å². The van der Waals surface area contributed by atoms with Crippen LogP contribution in [0.1, 0.15) is 19.8 Å². The third-order valence-corrected chi connectivity index (χ3v) is 3.92. The van der Waals surface area contributed by atoms with Crippen LogP contribution in [-0.4, -0.2) is 25.7 Å². The minimum Gasteiger partial charge on any atom is -0.369 e. The number of hydrogen-bond acceptors (Lipinski definition) is 2. The second-order valence-corrected chi connectivity index (χ2v) is 5.45. The number of anilines is 1. The van der Waals surface area contributed by atoms with Crippen LogP contribution in [-0.2, 0) is 0 Å². The van der Waals surface area contributed by atoms with Crippen molar-refractivity contribution >= 4 is 21.6 Å². The van der Waals surface area contributed by atoms with Crippen molar-refractivity contribution in [3.05, 3.63) is 28.7 Å². The maximum absolute atomic E-state index is 3.54. The smallest absolute Gasteiger partial charge is 0.0379 e. The summed E-state index contributed by atoms with van der Waals surface area (Å²) in [5.74, 6) is 0. The molecule has 1 saturated heterocycles. The van der Waals surface area contributed by atoms with E-state index in [1.54, 1.807) is 0 Å². The molecule has 2 atom stereocenters. The van der Waals surface area contributed by atoms with Crippen molar-refractivity contribution in [2.45, 2.75) is 31.8 Å². The monoisotopic (exact) mass is 282 g/mol. The van der Waals surface area contributed by atoms with Crippen LogP contribution in [0.2, 0.25) is 0 Å². The Kier molecular flexibility index (Phi) is 3.87. The fourth-order valence-corrected chi connectivity index (χ4v) is 2.86. The highest BCUT2D eigenvalue weighted by Gasteiger charge is 2.24. The van der Waals surface area contributed by atoms with Crippen molar-refractivity contribution in [1.29, 1.82) is 0 Å². The lowest BCUT2D eigenvalue weighted by molar-refractivity contribution is 0.387. The zero-order valence-electron chi connectivity index (χ0n) is 9.91. The number of rotatable bonds is 2. The lowest BCUT2D eigenvalue weighted by atomic mass is 9.98. The Hall–Kier alpha value is -0.540. The van der Waals surface area contributed by atoms with E-state index in [0.717, 1.165) is 11.0 Å². The number of halogens is 1. The molecular weight excluding hydrogens is 264 g/mol. The largest absolute Gasteiger partial charge is 0.369 e. The highest BCUT2D eigenvalue weighted by Crippen LogP contribution is 2.26. The average Bonchev–Trinajstić information content (AvgIpc) is 2.28. The van der Waals surface area contributed by atoms with Crippen molar-refractivity contribution in [3.8, 4) is 0 Å². The zero-order chi connectivity index (χ0) is 11.5. The maximum atomic E-state index is 3.54. The highest BCUT2D eigenvalue weighted by molar-refractivity contribution is 9.10. The van der Waals surface area contributed by atoms with Gasteiger partial charge in [0.05, 0.1) is 0 Å². The molecule has 1 aliphatic rings. The van der Waals surface area contributed by atoms with Crippen LogP contribution in [0.5, 0.6) is 0 Å². The van der Waals surface area contributed by atoms with Gasteiger partial charge in [0.2, 0.25) is 0 Å². The van der Waals surface area contributed by atoms with Crippen LogP contribution in [0.15, 0.2) is 28.7 Å². The molecule has 0 bridgehead atoms. The van der Waals surface area contributed by atoms with Gasteiger partial charge in [0.15, 0.2) is 0 Å². The van der Waals surface area contributed by atoms with E-state index in [1.807, 2.05) is 0 Å². The van der Waals surface area contributed by atoms with Gasteiger partial charge in [-0.05, 0) is 45.0 Å². The molecule has 1 fully saturated rings. The van der Waals surface area contributed by atoms with Gasteiger partial charge in [-0.1, -0.05) is 22.0 Å². The van der Waals surface area contributed by atoms with E-state index in [-0.39, 0.29) is 0 Å². The van der Waals surface area contributed by atoms with Crippen LogP contribution in [0.3, 0.4) is 0 Å². The van der Waals surface area contributed by atoms with Crippen molar-refractivity contribution in [3.63, 3.8) is 0 Å². The van der Waals surface area contributed by atoms with E-state index in [0.29, 0.717) is 12.1 Å². The highest BCUT2D eigenvalue weighted by atomic mass is 79.9. The van der Waals surface area contributed by atoms with E-state index >= 15 is 0 Å². The number of hydrogen-bond donors (Lipinski definition) is 1. The van der Waals surface area contributed by atoms with Crippen molar-refractivity contribution in [2.24, 2.45) is 0 Å². The Morgan fingerprint density at radius 1 is 1.44 bits per heavy atom. The van der Waals surface area contributed by atoms with E-state index in [2.05, 4.69) is 64.4 Å². The summed E-state index contributed by atoms with van der Waals surface area (Å²) in [5.41, 5.74) is 1.33. The van der Waals surface area contributed by atoms with Gasteiger partial charge < -0.3 is 10.2 Å². The summed E-state index contributed by atoms with van der Waals surface area (Å²) in [5, 5.41) is 3.38.